The lowest BCUT2D eigenvalue weighted by atomic mass is 9.81. The van der Waals surface area contributed by atoms with Gasteiger partial charge in [-0.15, -0.1) is 0 Å². The van der Waals surface area contributed by atoms with Crippen LogP contribution in [0, 0.1) is 5.41 Å². The second-order valence-electron chi connectivity index (χ2n) is 5.90. The zero-order chi connectivity index (χ0) is 13.7. The van der Waals surface area contributed by atoms with Gasteiger partial charge < -0.3 is 5.32 Å². The molecule has 2 heteroatoms. The molecule has 0 saturated carbocycles. The van der Waals surface area contributed by atoms with Crippen LogP contribution >= 0.6 is 0 Å². The second-order valence-corrected chi connectivity index (χ2v) is 5.90. The van der Waals surface area contributed by atoms with E-state index < -0.39 is 0 Å². The minimum atomic E-state index is 0.429. The van der Waals surface area contributed by atoms with Crippen LogP contribution in [-0.2, 0) is 13.1 Å². The Kier molecular flexibility index (Phi) is 5.00. The van der Waals surface area contributed by atoms with Crippen LogP contribution in [0.2, 0.25) is 0 Å². The van der Waals surface area contributed by atoms with Crippen LogP contribution in [0.5, 0.6) is 0 Å². The van der Waals surface area contributed by atoms with Gasteiger partial charge in [0.15, 0.2) is 0 Å². The maximum absolute atomic E-state index is 3.56. The first-order chi connectivity index (χ1) is 9.23. The highest BCUT2D eigenvalue weighted by Crippen LogP contribution is 2.31. The molecule has 0 aliphatic carbocycles. The van der Waals surface area contributed by atoms with E-state index in [-0.39, 0.29) is 0 Å². The molecule has 1 aromatic carbocycles. The third-order valence-electron chi connectivity index (χ3n) is 4.72. The average molecular weight is 260 g/mol. The molecule has 0 aromatic heterocycles. The van der Waals surface area contributed by atoms with Crippen LogP contribution in [0.3, 0.4) is 0 Å². The van der Waals surface area contributed by atoms with Crippen molar-refractivity contribution in [2.75, 3.05) is 19.6 Å². The number of hydrogen-bond donors (Lipinski definition) is 1. The Bertz CT molecular complexity index is 371. The average Bonchev–Trinajstić information content (AvgIpc) is 2.85. The van der Waals surface area contributed by atoms with Gasteiger partial charge in [-0.25, -0.2) is 0 Å². The van der Waals surface area contributed by atoms with Crippen LogP contribution in [0.25, 0.3) is 0 Å². The van der Waals surface area contributed by atoms with Crippen LogP contribution in [0.15, 0.2) is 24.3 Å². The van der Waals surface area contributed by atoms with Gasteiger partial charge in [0.05, 0.1) is 0 Å². The Morgan fingerprint density at radius 2 is 1.63 bits per heavy atom. The first kappa shape index (κ1) is 14.5. The van der Waals surface area contributed by atoms with Gasteiger partial charge in [-0.3, -0.25) is 4.90 Å². The van der Waals surface area contributed by atoms with Crippen molar-refractivity contribution < 1.29 is 0 Å². The lowest BCUT2D eigenvalue weighted by Crippen LogP contribution is -2.42. The number of benzene rings is 1. The van der Waals surface area contributed by atoms with E-state index in [1.807, 2.05) is 0 Å². The summed E-state index contributed by atoms with van der Waals surface area (Å²) in [5, 5.41) is 3.56. The van der Waals surface area contributed by atoms with Gasteiger partial charge in [0.25, 0.3) is 0 Å². The molecule has 1 aromatic rings. The van der Waals surface area contributed by atoms with Crippen molar-refractivity contribution >= 4 is 0 Å². The quantitative estimate of drug-likeness (QED) is 0.808. The fourth-order valence-corrected chi connectivity index (χ4v) is 3.16. The van der Waals surface area contributed by atoms with Crippen molar-refractivity contribution in [3.8, 4) is 0 Å². The highest BCUT2D eigenvalue weighted by Gasteiger charge is 2.30. The summed E-state index contributed by atoms with van der Waals surface area (Å²) in [6.07, 6.45) is 2.51. The zero-order valence-electron chi connectivity index (χ0n) is 12.7. The summed E-state index contributed by atoms with van der Waals surface area (Å²) < 4.78 is 0. The van der Waals surface area contributed by atoms with Crippen LogP contribution in [-0.4, -0.2) is 24.5 Å². The van der Waals surface area contributed by atoms with Gasteiger partial charge in [0.2, 0.25) is 0 Å². The molecule has 0 unspecified atom stereocenters. The Balaban J connectivity index is 2.00. The predicted molar refractivity (Wildman–Crippen MR) is 82.1 cm³/mol. The normalized spacial score (nSPS) is 15.7. The molecule has 19 heavy (non-hydrogen) atoms. The Morgan fingerprint density at radius 1 is 1.05 bits per heavy atom. The maximum atomic E-state index is 3.56. The van der Waals surface area contributed by atoms with Gasteiger partial charge in [0, 0.05) is 26.2 Å². The van der Waals surface area contributed by atoms with E-state index in [2.05, 4.69) is 55.3 Å². The van der Waals surface area contributed by atoms with Crippen molar-refractivity contribution in [1.82, 2.24) is 10.2 Å². The molecule has 0 saturated heterocycles. The molecule has 2 nitrogen and oxygen atoms in total. The van der Waals surface area contributed by atoms with E-state index in [1.165, 1.54) is 30.5 Å². The summed E-state index contributed by atoms with van der Waals surface area (Å²) >= 11 is 0. The SMILES string of the molecule is CCNCC(CC)(CC)CN1Cc2ccccc2C1. The molecule has 1 N–H and O–H groups in total. The molecule has 1 aliphatic rings. The third-order valence-corrected chi connectivity index (χ3v) is 4.72. The minimum absolute atomic E-state index is 0.429. The Hall–Kier alpha value is -0.860. The first-order valence-corrected chi connectivity index (χ1v) is 7.73. The van der Waals surface area contributed by atoms with E-state index in [9.17, 15) is 0 Å². The molecule has 0 bridgehead atoms. The molecule has 0 spiro atoms. The standard InChI is InChI=1S/C17H28N2/c1-4-17(5-2,13-18-6-3)14-19-11-15-9-7-8-10-16(15)12-19/h7-10,18H,4-6,11-14H2,1-3H3. The molecular weight excluding hydrogens is 232 g/mol. The van der Waals surface area contributed by atoms with Gasteiger partial charge in [-0.2, -0.15) is 0 Å². The van der Waals surface area contributed by atoms with Gasteiger partial charge >= 0.3 is 0 Å². The molecule has 0 radical (unpaired) electrons. The molecule has 0 atom stereocenters. The Labute approximate surface area is 118 Å². The molecule has 2 rings (SSSR count). The first-order valence-electron chi connectivity index (χ1n) is 7.73. The minimum Gasteiger partial charge on any atom is -0.316 e. The number of nitrogens with zero attached hydrogens (tertiary/aromatic N) is 1. The number of fused-ring (bicyclic) bond motifs is 1. The van der Waals surface area contributed by atoms with E-state index in [0.29, 0.717) is 5.41 Å². The summed E-state index contributed by atoms with van der Waals surface area (Å²) in [5.74, 6) is 0. The topological polar surface area (TPSA) is 15.3 Å². The second kappa shape index (κ2) is 6.53. The number of hydrogen-bond acceptors (Lipinski definition) is 2. The summed E-state index contributed by atoms with van der Waals surface area (Å²) in [6.45, 7) is 12.6. The Morgan fingerprint density at radius 3 is 2.11 bits per heavy atom. The van der Waals surface area contributed by atoms with E-state index in [4.69, 9.17) is 0 Å². The lowest BCUT2D eigenvalue weighted by Gasteiger charge is -2.36. The van der Waals surface area contributed by atoms with Crippen LogP contribution in [0.1, 0.15) is 44.7 Å². The number of rotatable bonds is 7. The smallest absolute Gasteiger partial charge is 0.0240 e. The van der Waals surface area contributed by atoms with Gasteiger partial charge in [-0.05, 0) is 35.9 Å². The third kappa shape index (κ3) is 3.37. The van der Waals surface area contributed by atoms with Crippen LogP contribution in [0.4, 0.5) is 0 Å². The summed E-state index contributed by atoms with van der Waals surface area (Å²) in [7, 11) is 0. The molecular formula is C17H28N2. The van der Waals surface area contributed by atoms with Crippen molar-refractivity contribution in [3.05, 3.63) is 35.4 Å². The van der Waals surface area contributed by atoms with E-state index in [1.54, 1.807) is 0 Å². The monoisotopic (exact) mass is 260 g/mol. The zero-order valence-corrected chi connectivity index (χ0v) is 12.7. The van der Waals surface area contributed by atoms with E-state index in [0.717, 1.165) is 26.2 Å². The van der Waals surface area contributed by atoms with Crippen molar-refractivity contribution in [2.24, 2.45) is 5.41 Å². The highest BCUT2D eigenvalue weighted by atomic mass is 15.1. The molecule has 1 aliphatic heterocycles. The fraction of sp³-hybridized carbons (Fsp3) is 0.647. The predicted octanol–water partition coefficient (Wildman–Crippen LogP) is 3.42. The molecule has 0 fully saturated rings. The van der Waals surface area contributed by atoms with Crippen molar-refractivity contribution in [3.63, 3.8) is 0 Å². The fourth-order valence-electron chi connectivity index (χ4n) is 3.16. The highest BCUT2D eigenvalue weighted by molar-refractivity contribution is 5.30. The number of nitrogens with one attached hydrogen (secondary N) is 1. The van der Waals surface area contributed by atoms with Crippen molar-refractivity contribution in [1.29, 1.82) is 0 Å². The maximum Gasteiger partial charge on any atom is 0.0240 e. The molecule has 0 amide bonds. The van der Waals surface area contributed by atoms with Crippen LogP contribution < -0.4 is 5.32 Å². The summed E-state index contributed by atoms with van der Waals surface area (Å²) in [4.78, 5) is 2.62. The molecule has 106 valence electrons. The van der Waals surface area contributed by atoms with Crippen molar-refractivity contribution in [2.45, 2.75) is 46.7 Å². The summed E-state index contributed by atoms with van der Waals surface area (Å²) in [6, 6.07) is 8.88. The van der Waals surface area contributed by atoms with E-state index >= 15 is 0 Å². The largest absolute Gasteiger partial charge is 0.316 e. The lowest BCUT2D eigenvalue weighted by molar-refractivity contribution is 0.134. The van der Waals surface area contributed by atoms with Gasteiger partial charge in [-0.1, -0.05) is 45.0 Å². The molecule has 1 heterocycles. The van der Waals surface area contributed by atoms with Gasteiger partial charge in [0.1, 0.15) is 0 Å². The summed E-state index contributed by atoms with van der Waals surface area (Å²) in [5.41, 5.74) is 3.47.